The third-order valence-corrected chi connectivity index (χ3v) is 6.40. The summed E-state index contributed by atoms with van der Waals surface area (Å²) in [5.41, 5.74) is 1.05. The van der Waals surface area contributed by atoms with Gasteiger partial charge < -0.3 is 19.4 Å². The van der Waals surface area contributed by atoms with Crippen LogP contribution in [0.5, 0.6) is 11.6 Å². The molecule has 32 heavy (non-hydrogen) atoms. The normalized spacial score (nSPS) is 20.4. The van der Waals surface area contributed by atoms with Gasteiger partial charge in [-0.15, -0.1) is 11.3 Å². The number of thiazole rings is 1. The van der Waals surface area contributed by atoms with Gasteiger partial charge in [0.2, 0.25) is 5.88 Å². The molecule has 1 N–H and O–H groups in total. The van der Waals surface area contributed by atoms with Gasteiger partial charge in [0, 0.05) is 55.1 Å². The number of aromatic nitrogens is 3. The molecule has 2 unspecified atom stereocenters. The fourth-order valence-electron chi connectivity index (χ4n) is 4.10. The van der Waals surface area contributed by atoms with E-state index in [1.54, 1.807) is 18.3 Å². The number of rotatable bonds is 4. The van der Waals surface area contributed by atoms with Gasteiger partial charge in [-0.1, -0.05) is 0 Å². The van der Waals surface area contributed by atoms with Crippen molar-refractivity contribution >= 4 is 28.5 Å². The van der Waals surface area contributed by atoms with Crippen LogP contribution in [0.1, 0.15) is 12.0 Å². The molecule has 0 radical (unpaired) electrons. The Balaban J connectivity index is 1.36. The second kappa shape index (κ2) is 7.17. The smallest absolute Gasteiger partial charge is 0.417 e. The predicted molar refractivity (Wildman–Crippen MR) is 112 cm³/mol. The topological polar surface area (TPSA) is 76.3 Å². The van der Waals surface area contributed by atoms with Crippen molar-refractivity contribution in [3.63, 3.8) is 0 Å². The summed E-state index contributed by atoms with van der Waals surface area (Å²) in [4.78, 5) is 15.0. The summed E-state index contributed by atoms with van der Waals surface area (Å²) in [7, 11) is 0. The third-order valence-electron chi connectivity index (χ3n) is 5.59. The quantitative estimate of drug-likeness (QED) is 0.474. The lowest BCUT2D eigenvalue weighted by Gasteiger charge is -2.47. The number of fused-ring (bicyclic) bond motifs is 3. The molecular formula is C21H16F3N5O2S. The minimum Gasteiger partial charge on any atom is -0.439 e. The zero-order valence-electron chi connectivity index (χ0n) is 16.5. The Morgan fingerprint density at radius 2 is 1.97 bits per heavy atom. The molecule has 11 heteroatoms. The maximum atomic E-state index is 12.8. The number of anilines is 1. The second-order valence-corrected chi connectivity index (χ2v) is 8.73. The third kappa shape index (κ3) is 3.47. The van der Waals surface area contributed by atoms with Gasteiger partial charge in [-0.3, -0.25) is 0 Å². The van der Waals surface area contributed by atoms with Gasteiger partial charge in [-0.25, -0.2) is 9.97 Å². The number of hydrogen-bond acceptors (Lipinski definition) is 8. The molecule has 0 aliphatic carbocycles. The number of hydrogen-bond donors (Lipinski definition) is 1. The first-order valence-corrected chi connectivity index (χ1v) is 10.9. The van der Waals surface area contributed by atoms with E-state index in [4.69, 9.17) is 9.15 Å². The molecule has 3 saturated heterocycles. The average molecular weight is 459 g/mol. The van der Waals surface area contributed by atoms with Crippen LogP contribution < -0.4 is 15.0 Å². The Morgan fingerprint density at radius 3 is 2.62 bits per heavy atom. The Bertz CT molecular complexity index is 1260. The first-order valence-electron chi connectivity index (χ1n) is 9.99. The van der Waals surface area contributed by atoms with Gasteiger partial charge in [-0.05, 0) is 18.6 Å². The Labute approximate surface area is 183 Å². The lowest BCUT2D eigenvalue weighted by molar-refractivity contribution is -0.137. The number of piperidine rings is 1. The standard InChI is InChI=1S/C21H16F3N5O2S/c22-21(23,24)11-1-2-17(26-8-11)30-14-6-15(19-25-3-4-32-19)18-16(7-14)28-20(31-18)29-9-12-5-13(10-29)27-12/h1-4,6-8,12-13,27H,5,9-10H2. The van der Waals surface area contributed by atoms with Crippen LogP contribution >= 0.6 is 11.3 Å². The van der Waals surface area contributed by atoms with Crippen LogP contribution in [0.4, 0.5) is 19.2 Å². The molecule has 0 spiro atoms. The fourth-order valence-corrected chi connectivity index (χ4v) is 4.75. The summed E-state index contributed by atoms with van der Waals surface area (Å²) in [5, 5.41) is 6.06. The Morgan fingerprint density at radius 1 is 1.16 bits per heavy atom. The molecule has 0 amide bonds. The zero-order chi connectivity index (χ0) is 21.9. The van der Waals surface area contributed by atoms with Crippen molar-refractivity contribution in [2.45, 2.75) is 24.7 Å². The van der Waals surface area contributed by atoms with E-state index in [2.05, 4.69) is 25.2 Å². The van der Waals surface area contributed by atoms with Crippen molar-refractivity contribution in [1.82, 2.24) is 20.3 Å². The van der Waals surface area contributed by atoms with Crippen molar-refractivity contribution in [3.8, 4) is 22.2 Å². The van der Waals surface area contributed by atoms with Gasteiger partial charge in [0.1, 0.15) is 16.3 Å². The van der Waals surface area contributed by atoms with E-state index < -0.39 is 11.7 Å². The molecule has 3 aliphatic heterocycles. The number of nitrogens with zero attached hydrogens (tertiary/aromatic N) is 4. The minimum absolute atomic E-state index is 0.0494. The number of ether oxygens (including phenoxy) is 1. The zero-order valence-corrected chi connectivity index (χ0v) is 17.3. The molecule has 2 atom stereocenters. The second-order valence-electron chi connectivity index (χ2n) is 7.84. The molecule has 3 aromatic heterocycles. The summed E-state index contributed by atoms with van der Waals surface area (Å²) >= 11 is 1.44. The van der Waals surface area contributed by atoms with E-state index in [0.717, 1.165) is 30.4 Å². The molecule has 4 aromatic rings. The number of pyridine rings is 1. The van der Waals surface area contributed by atoms with Gasteiger partial charge in [-0.2, -0.15) is 18.2 Å². The highest BCUT2D eigenvalue weighted by atomic mass is 32.1. The van der Waals surface area contributed by atoms with Crippen LogP contribution in [-0.4, -0.2) is 40.1 Å². The molecule has 164 valence electrons. The largest absolute Gasteiger partial charge is 0.439 e. The molecule has 0 saturated carbocycles. The predicted octanol–water partition coefficient (Wildman–Crippen LogP) is 4.71. The van der Waals surface area contributed by atoms with Crippen molar-refractivity contribution in [1.29, 1.82) is 0 Å². The average Bonchev–Trinajstić information content (AvgIpc) is 3.43. The van der Waals surface area contributed by atoms with Gasteiger partial charge in [0.25, 0.3) is 6.01 Å². The van der Waals surface area contributed by atoms with Crippen LogP contribution in [0.2, 0.25) is 0 Å². The fraction of sp³-hybridized carbons (Fsp3) is 0.286. The lowest BCUT2D eigenvalue weighted by Crippen LogP contribution is -2.67. The molecule has 1 aromatic carbocycles. The summed E-state index contributed by atoms with van der Waals surface area (Å²) in [5.74, 6) is 0.436. The molecule has 7 nitrogen and oxygen atoms in total. The molecule has 7 rings (SSSR count). The number of oxazole rings is 1. The number of piperazine rings is 1. The molecular weight excluding hydrogens is 443 g/mol. The van der Waals surface area contributed by atoms with Crippen LogP contribution in [0, 0.1) is 0 Å². The number of halogens is 3. The monoisotopic (exact) mass is 459 g/mol. The molecule has 3 fully saturated rings. The molecule has 2 bridgehead atoms. The van der Waals surface area contributed by atoms with Crippen molar-refractivity contribution < 1.29 is 22.3 Å². The van der Waals surface area contributed by atoms with Crippen LogP contribution in [0.25, 0.3) is 21.7 Å². The van der Waals surface area contributed by atoms with Gasteiger partial charge >= 0.3 is 6.18 Å². The van der Waals surface area contributed by atoms with Crippen molar-refractivity contribution in [2.75, 3.05) is 18.0 Å². The van der Waals surface area contributed by atoms with Gasteiger partial charge in [0.05, 0.1) is 11.1 Å². The molecule has 6 heterocycles. The number of nitrogens with one attached hydrogen (secondary N) is 1. The lowest BCUT2D eigenvalue weighted by atomic mass is 9.92. The number of alkyl halides is 3. The van der Waals surface area contributed by atoms with E-state index in [1.807, 2.05) is 5.38 Å². The summed E-state index contributed by atoms with van der Waals surface area (Å²) < 4.78 is 50.3. The van der Waals surface area contributed by atoms with E-state index in [0.29, 0.717) is 40.5 Å². The highest BCUT2D eigenvalue weighted by Gasteiger charge is 2.38. The highest BCUT2D eigenvalue weighted by Crippen LogP contribution is 2.38. The van der Waals surface area contributed by atoms with Crippen molar-refractivity contribution in [2.24, 2.45) is 0 Å². The van der Waals surface area contributed by atoms with E-state index in [-0.39, 0.29) is 5.88 Å². The first-order chi connectivity index (χ1) is 15.4. The first kappa shape index (κ1) is 19.5. The molecule has 3 aliphatic rings. The summed E-state index contributed by atoms with van der Waals surface area (Å²) in [6.45, 7) is 1.66. The van der Waals surface area contributed by atoms with Crippen LogP contribution in [-0.2, 0) is 6.18 Å². The van der Waals surface area contributed by atoms with Crippen LogP contribution in [0.3, 0.4) is 0 Å². The van der Waals surface area contributed by atoms with Crippen LogP contribution in [0.15, 0.2) is 46.5 Å². The SMILES string of the molecule is FC(F)(F)c1ccc(Oc2cc(-c3nccs3)c3oc(N4CC5CC(C4)N5)nc3c2)nc1. The van der Waals surface area contributed by atoms with E-state index in [1.165, 1.54) is 23.8 Å². The van der Waals surface area contributed by atoms with E-state index >= 15 is 0 Å². The van der Waals surface area contributed by atoms with Gasteiger partial charge in [0.15, 0.2) is 5.58 Å². The maximum Gasteiger partial charge on any atom is 0.417 e. The Kier molecular flexibility index (Phi) is 4.37. The highest BCUT2D eigenvalue weighted by molar-refractivity contribution is 7.13. The number of benzene rings is 1. The Hall–Kier alpha value is -3.18. The summed E-state index contributed by atoms with van der Waals surface area (Å²) in [6, 6.07) is 7.01. The van der Waals surface area contributed by atoms with E-state index in [9.17, 15) is 13.2 Å². The summed E-state index contributed by atoms with van der Waals surface area (Å²) in [6.07, 6.45) is -0.846. The minimum atomic E-state index is -4.45. The maximum absolute atomic E-state index is 12.8. The van der Waals surface area contributed by atoms with Crippen molar-refractivity contribution in [3.05, 3.63) is 47.6 Å².